The van der Waals surface area contributed by atoms with Crippen LogP contribution in [0.15, 0.2) is 48.5 Å². The van der Waals surface area contributed by atoms with Crippen LogP contribution in [-0.2, 0) is 12.1 Å². The van der Waals surface area contributed by atoms with Gasteiger partial charge in [-0.25, -0.2) is 0 Å². The van der Waals surface area contributed by atoms with Crippen LogP contribution in [0.2, 0.25) is 0 Å². The van der Waals surface area contributed by atoms with Crippen molar-refractivity contribution >= 4 is 0 Å². The number of hydrogen-bond acceptors (Lipinski definition) is 3. The van der Waals surface area contributed by atoms with E-state index in [1.165, 1.54) is 6.42 Å². The smallest absolute Gasteiger partial charge is 0.161 e. The highest BCUT2D eigenvalue weighted by Crippen LogP contribution is 2.41. The second kappa shape index (κ2) is 5.78. The molecule has 0 heterocycles. The molecule has 0 amide bonds. The first kappa shape index (κ1) is 14.0. The zero-order valence-corrected chi connectivity index (χ0v) is 12.3. The Kier molecular flexibility index (Phi) is 3.84. The summed E-state index contributed by atoms with van der Waals surface area (Å²) >= 11 is 0. The SMILES string of the molecule is COc1cc(C2(N)CCC2)ccc1OCc1ccccc1. The van der Waals surface area contributed by atoms with Gasteiger partial charge in [-0.1, -0.05) is 36.4 Å². The zero-order valence-electron chi connectivity index (χ0n) is 12.3. The Hall–Kier alpha value is -2.00. The van der Waals surface area contributed by atoms with Crippen LogP contribution >= 0.6 is 0 Å². The van der Waals surface area contributed by atoms with Crippen molar-refractivity contribution in [1.82, 2.24) is 0 Å². The highest BCUT2D eigenvalue weighted by molar-refractivity contribution is 5.45. The number of nitrogens with two attached hydrogens (primary N) is 1. The maximum absolute atomic E-state index is 6.37. The number of methoxy groups -OCH3 is 1. The lowest BCUT2D eigenvalue weighted by molar-refractivity contribution is 0.250. The van der Waals surface area contributed by atoms with Crippen LogP contribution in [0.3, 0.4) is 0 Å². The molecule has 2 aromatic carbocycles. The molecule has 0 spiro atoms. The molecule has 0 radical (unpaired) electrons. The molecule has 1 fully saturated rings. The summed E-state index contributed by atoms with van der Waals surface area (Å²) < 4.78 is 11.3. The Balaban J connectivity index is 1.76. The van der Waals surface area contributed by atoms with Gasteiger partial charge in [-0.15, -0.1) is 0 Å². The molecule has 0 atom stereocenters. The van der Waals surface area contributed by atoms with Gasteiger partial charge in [0.15, 0.2) is 11.5 Å². The number of hydrogen-bond donors (Lipinski definition) is 1. The zero-order chi connectivity index (χ0) is 14.7. The van der Waals surface area contributed by atoms with Gasteiger partial charge in [-0.3, -0.25) is 0 Å². The van der Waals surface area contributed by atoms with Crippen molar-refractivity contribution < 1.29 is 9.47 Å². The van der Waals surface area contributed by atoms with Crippen molar-refractivity contribution in [3.8, 4) is 11.5 Å². The van der Waals surface area contributed by atoms with Gasteiger partial charge in [0.1, 0.15) is 6.61 Å². The Morgan fingerprint density at radius 2 is 1.81 bits per heavy atom. The van der Waals surface area contributed by atoms with E-state index in [1.54, 1.807) is 7.11 Å². The molecule has 1 aliphatic rings. The van der Waals surface area contributed by atoms with Crippen LogP contribution in [-0.4, -0.2) is 7.11 Å². The first-order chi connectivity index (χ1) is 10.2. The first-order valence-corrected chi connectivity index (χ1v) is 7.35. The summed E-state index contributed by atoms with van der Waals surface area (Å²) in [6, 6.07) is 16.1. The summed E-state index contributed by atoms with van der Waals surface area (Å²) in [4.78, 5) is 0. The Morgan fingerprint density at radius 1 is 1.05 bits per heavy atom. The lowest BCUT2D eigenvalue weighted by Crippen LogP contribution is -2.43. The van der Waals surface area contributed by atoms with Crippen molar-refractivity contribution in [2.45, 2.75) is 31.4 Å². The van der Waals surface area contributed by atoms with Crippen molar-refractivity contribution in [3.05, 3.63) is 59.7 Å². The average Bonchev–Trinajstić information content (AvgIpc) is 2.51. The van der Waals surface area contributed by atoms with E-state index >= 15 is 0 Å². The summed E-state index contributed by atoms with van der Waals surface area (Å²) in [7, 11) is 1.67. The Morgan fingerprint density at radius 3 is 2.43 bits per heavy atom. The van der Waals surface area contributed by atoms with Gasteiger partial charge in [0.2, 0.25) is 0 Å². The maximum Gasteiger partial charge on any atom is 0.161 e. The normalized spacial score (nSPS) is 16.1. The molecule has 2 aromatic rings. The molecule has 0 bridgehead atoms. The third kappa shape index (κ3) is 2.88. The van der Waals surface area contributed by atoms with Crippen LogP contribution in [0, 0.1) is 0 Å². The molecule has 21 heavy (non-hydrogen) atoms. The standard InChI is InChI=1S/C18H21NO2/c1-20-17-12-15(18(19)10-5-11-18)8-9-16(17)21-13-14-6-3-2-4-7-14/h2-4,6-9,12H,5,10-11,13,19H2,1H3. The van der Waals surface area contributed by atoms with E-state index in [-0.39, 0.29) is 5.54 Å². The third-order valence-corrected chi connectivity index (χ3v) is 4.22. The quantitative estimate of drug-likeness (QED) is 0.911. The highest BCUT2D eigenvalue weighted by atomic mass is 16.5. The lowest BCUT2D eigenvalue weighted by atomic mass is 9.73. The summed E-state index contributed by atoms with van der Waals surface area (Å²) in [5.41, 5.74) is 8.46. The minimum atomic E-state index is -0.175. The predicted octanol–water partition coefficient (Wildman–Crippen LogP) is 3.61. The fourth-order valence-corrected chi connectivity index (χ4v) is 2.68. The Bertz CT molecular complexity index is 606. The largest absolute Gasteiger partial charge is 0.493 e. The second-order valence-corrected chi connectivity index (χ2v) is 5.65. The highest BCUT2D eigenvalue weighted by Gasteiger charge is 2.34. The number of rotatable bonds is 5. The number of benzene rings is 2. The van der Waals surface area contributed by atoms with Gasteiger partial charge in [-0.2, -0.15) is 0 Å². The van der Waals surface area contributed by atoms with Crippen LogP contribution in [0.4, 0.5) is 0 Å². The summed E-state index contributed by atoms with van der Waals surface area (Å²) in [5, 5.41) is 0. The summed E-state index contributed by atoms with van der Waals surface area (Å²) in [6.07, 6.45) is 3.28. The Labute approximate surface area is 125 Å². The van der Waals surface area contributed by atoms with Crippen LogP contribution in [0.1, 0.15) is 30.4 Å². The van der Waals surface area contributed by atoms with Crippen LogP contribution < -0.4 is 15.2 Å². The van der Waals surface area contributed by atoms with Gasteiger partial charge in [0, 0.05) is 5.54 Å². The minimum Gasteiger partial charge on any atom is -0.493 e. The monoisotopic (exact) mass is 283 g/mol. The van der Waals surface area contributed by atoms with Crippen molar-refractivity contribution in [3.63, 3.8) is 0 Å². The molecule has 2 N–H and O–H groups in total. The molecule has 3 rings (SSSR count). The predicted molar refractivity (Wildman–Crippen MR) is 83.5 cm³/mol. The second-order valence-electron chi connectivity index (χ2n) is 5.65. The van der Waals surface area contributed by atoms with E-state index in [0.717, 1.165) is 35.5 Å². The summed E-state index contributed by atoms with van der Waals surface area (Å²) in [6.45, 7) is 0.532. The first-order valence-electron chi connectivity index (χ1n) is 7.35. The van der Waals surface area contributed by atoms with Crippen molar-refractivity contribution in [1.29, 1.82) is 0 Å². The van der Waals surface area contributed by atoms with Crippen molar-refractivity contribution in [2.24, 2.45) is 5.73 Å². The fraction of sp³-hybridized carbons (Fsp3) is 0.333. The van der Waals surface area contributed by atoms with Gasteiger partial charge in [0.25, 0.3) is 0 Å². The van der Waals surface area contributed by atoms with E-state index in [2.05, 4.69) is 6.07 Å². The van der Waals surface area contributed by atoms with Gasteiger partial charge in [0.05, 0.1) is 7.11 Å². The third-order valence-electron chi connectivity index (χ3n) is 4.22. The minimum absolute atomic E-state index is 0.175. The van der Waals surface area contributed by atoms with E-state index in [1.807, 2.05) is 42.5 Å². The van der Waals surface area contributed by atoms with Crippen LogP contribution in [0.25, 0.3) is 0 Å². The topological polar surface area (TPSA) is 44.5 Å². The van der Waals surface area contributed by atoms with E-state index < -0.39 is 0 Å². The molecule has 0 aromatic heterocycles. The van der Waals surface area contributed by atoms with Crippen LogP contribution in [0.5, 0.6) is 11.5 Å². The maximum atomic E-state index is 6.37. The fourth-order valence-electron chi connectivity index (χ4n) is 2.68. The molecular formula is C18H21NO2. The molecule has 1 saturated carbocycles. The van der Waals surface area contributed by atoms with Crippen molar-refractivity contribution in [2.75, 3.05) is 7.11 Å². The van der Waals surface area contributed by atoms with Gasteiger partial charge in [-0.05, 0) is 42.5 Å². The average molecular weight is 283 g/mol. The molecule has 3 heteroatoms. The summed E-state index contributed by atoms with van der Waals surface area (Å²) in [5.74, 6) is 1.51. The lowest BCUT2D eigenvalue weighted by Gasteiger charge is -2.38. The van der Waals surface area contributed by atoms with Gasteiger partial charge < -0.3 is 15.2 Å². The molecule has 0 unspecified atom stereocenters. The molecule has 0 aliphatic heterocycles. The number of ether oxygens (including phenoxy) is 2. The van der Waals surface area contributed by atoms with E-state index in [9.17, 15) is 0 Å². The van der Waals surface area contributed by atoms with E-state index in [0.29, 0.717) is 6.61 Å². The molecule has 1 aliphatic carbocycles. The molecule has 0 saturated heterocycles. The van der Waals surface area contributed by atoms with Gasteiger partial charge >= 0.3 is 0 Å². The molecular weight excluding hydrogens is 262 g/mol. The van der Waals surface area contributed by atoms with E-state index in [4.69, 9.17) is 15.2 Å². The molecule has 110 valence electrons. The molecule has 3 nitrogen and oxygen atoms in total.